The second kappa shape index (κ2) is 7.45. The second-order valence-electron chi connectivity index (χ2n) is 4.12. The van der Waals surface area contributed by atoms with E-state index in [1.54, 1.807) is 0 Å². The maximum Gasteiger partial charge on any atom is 0.338 e. The Bertz CT molecular complexity index is 462. The van der Waals surface area contributed by atoms with Gasteiger partial charge in [-0.3, -0.25) is 10.1 Å². The molecule has 0 radical (unpaired) electrons. The van der Waals surface area contributed by atoms with Gasteiger partial charge < -0.3 is 4.74 Å². The largest absolute Gasteiger partial charge is 0.462 e. The first-order valence-electron chi connectivity index (χ1n) is 6.17. The van der Waals surface area contributed by atoms with Crippen molar-refractivity contribution in [2.45, 2.75) is 32.6 Å². The Balaban J connectivity index is 2.57. The molecule has 0 unspecified atom stereocenters. The molecule has 0 aliphatic rings. The fourth-order valence-corrected chi connectivity index (χ4v) is 1.56. The third kappa shape index (κ3) is 4.65. The van der Waals surface area contributed by atoms with Crippen molar-refractivity contribution in [3.63, 3.8) is 0 Å². The standard InChI is InChI=1S/C13H16FNO4/c1-2-3-4-5-8-19-13(16)10-6-7-11(14)12(9-10)15(17)18/h6-7,9H,2-5,8H2,1H3. The topological polar surface area (TPSA) is 69.4 Å². The van der Waals surface area contributed by atoms with E-state index in [0.717, 1.165) is 37.8 Å². The van der Waals surface area contributed by atoms with Crippen LogP contribution in [0.3, 0.4) is 0 Å². The summed E-state index contributed by atoms with van der Waals surface area (Å²) in [6, 6.07) is 2.96. The summed E-state index contributed by atoms with van der Waals surface area (Å²) in [5.41, 5.74) is -0.732. The molecular formula is C13H16FNO4. The van der Waals surface area contributed by atoms with Crippen molar-refractivity contribution < 1.29 is 18.8 Å². The number of unbranched alkanes of at least 4 members (excludes halogenated alkanes) is 3. The summed E-state index contributed by atoms with van der Waals surface area (Å²) in [6.45, 7) is 2.34. The lowest BCUT2D eigenvalue weighted by molar-refractivity contribution is -0.387. The van der Waals surface area contributed by atoms with Gasteiger partial charge in [-0.05, 0) is 18.6 Å². The van der Waals surface area contributed by atoms with Crippen LogP contribution in [0.2, 0.25) is 0 Å². The number of halogens is 1. The monoisotopic (exact) mass is 269 g/mol. The number of carbonyl (C=O) groups excluding carboxylic acids is 1. The number of carbonyl (C=O) groups is 1. The molecule has 0 N–H and O–H groups in total. The zero-order valence-electron chi connectivity index (χ0n) is 10.7. The molecule has 0 heterocycles. The molecule has 0 fully saturated rings. The van der Waals surface area contributed by atoms with Crippen molar-refractivity contribution in [2.24, 2.45) is 0 Å². The summed E-state index contributed by atoms with van der Waals surface area (Å²) in [5.74, 6) is -1.64. The lowest BCUT2D eigenvalue weighted by atomic mass is 10.2. The van der Waals surface area contributed by atoms with E-state index in [-0.39, 0.29) is 12.2 Å². The highest BCUT2D eigenvalue weighted by molar-refractivity contribution is 5.90. The van der Waals surface area contributed by atoms with E-state index in [1.807, 2.05) is 0 Å². The first-order valence-corrected chi connectivity index (χ1v) is 6.17. The molecule has 104 valence electrons. The van der Waals surface area contributed by atoms with Gasteiger partial charge in [0.15, 0.2) is 0 Å². The molecule has 19 heavy (non-hydrogen) atoms. The lowest BCUT2D eigenvalue weighted by Gasteiger charge is -2.04. The summed E-state index contributed by atoms with van der Waals surface area (Å²) in [4.78, 5) is 21.3. The highest BCUT2D eigenvalue weighted by Gasteiger charge is 2.18. The van der Waals surface area contributed by atoms with Crippen LogP contribution in [0.4, 0.5) is 10.1 Å². The minimum Gasteiger partial charge on any atom is -0.462 e. The normalized spacial score (nSPS) is 10.2. The fourth-order valence-electron chi connectivity index (χ4n) is 1.56. The summed E-state index contributed by atoms with van der Waals surface area (Å²) in [7, 11) is 0. The van der Waals surface area contributed by atoms with E-state index >= 15 is 0 Å². The van der Waals surface area contributed by atoms with Crippen molar-refractivity contribution in [3.8, 4) is 0 Å². The zero-order chi connectivity index (χ0) is 14.3. The average molecular weight is 269 g/mol. The lowest BCUT2D eigenvalue weighted by Crippen LogP contribution is -2.07. The van der Waals surface area contributed by atoms with Gasteiger partial charge in [-0.2, -0.15) is 4.39 Å². The van der Waals surface area contributed by atoms with Crippen molar-refractivity contribution in [3.05, 3.63) is 39.7 Å². The molecule has 0 bridgehead atoms. The first kappa shape index (κ1) is 15.1. The average Bonchev–Trinajstić information content (AvgIpc) is 2.38. The number of ether oxygens (including phenoxy) is 1. The highest BCUT2D eigenvalue weighted by Crippen LogP contribution is 2.19. The number of nitrogens with zero attached hydrogens (tertiary/aromatic N) is 1. The van der Waals surface area contributed by atoms with E-state index in [1.165, 1.54) is 6.07 Å². The van der Waals surface area contributed by atoms with Crippen LogP contribution in [0.15, 0.2) is 18.2 Å². The Kier molecular flexibility index (Phi) is 5.92. The van der Waals surface area contributed by atoms with E-state index in [4.69, 9.17) is 4.74 Å². The molecular weight excluding hydrogens is 253 g/mol. The summed E-state index contributed by atoms with van der Waals surface area (Å²) in [5, 5.41) is 10.5. The van der Waals surface area contributed by atoms with Crippen LogP contribution in [0.1, 0.15) is 43.0 Å². The van der Waals surface area contributed by atoms with Crippen molar-refractivity contribution >= 4 is 11.7 Å². The molecule has 0 saturated heterocycles. The smallest absolute Gasteiger partial charge is 0.338 e. The number of rotatable bonds is 7. The van der Waals surface area contributed by atoms with Gasteiger partial charge in [-0.25, -0.2) is 4.79 Å². The Morgan fingerprint density at radius 1 is 1.37 bits per heavy atom. The van der Waals surface area contributed by atoms with Gasteiger partial charge in [-0.1, -0.05) is 26.2 Å². The number of nitro groups is 1. The third-order valence-electron chi connectivity index (χ3n) is 2.61. The number of benzene rings is 1. The van der Waals surface area contributed by atoms with Gasteiger partial charge in [0.05, 0.1) is 17.1 Å². The molecule has 6 heteroatoms. The van der Waals surface area contributed by atoms with Crippen molar-refractivity contribution in [1.82, 2.24) is 0 Å². The Morgan fingerprint density at radius 3 is 2.74 bits per heavy atom. The Morgan fingerprint density at radius 2 is 2.11 bits per heavy atom. The summed E-state index contributed by atoms with van der Waals surface area (Å²) < 4.78 is 18.0. The van der Waals surface area contributed by atoms with Crippen LogP contribution < -0.4 is 0 Å². The van der Waals surface area contributed by atoms with Gasteiger partial charge in [0, 0.05) is 6.07 Å². The van der Waals surface area contributed by atoms with Crippen LogP contribution >= 0.6 is 0 Å². The van der Waals surface area contributed by atoms with E-state index in [0.29, 0.717) is 0 Å². The number of esters is 1. The van der Waals surface area contributed by atoms with Gasteiger partial charge in [-0.15, -0.1) is 0 Å². The number of hydrogen-bond acceptors (Lipinski definition) is 4. The molecule has 1 aromatic rings. The minimum atomic E-state index is -0.968. The molecule has 0 aromatic heterocycles. The molecule has 1 aromatic carbocycles. The highest BCUT2D eigenvalue weighted by atomic mass is 19.1. The molecule has 0 amide bonds. The van der Waals surface area contributed by atoms with Crippen LogP contribution in [0.5, 0.6) is 0 Å². The quantitative estimate of drug-likeness (QED) is 0.329. The van der Waals surface area contributed by atoms with Gasteiger partial charge >= 0.3 is 11.7 Å². The zero-order valence-corrected chi connectivity index (χ0v) is 10.7. The fraction of sp³-hybridized carbons (Fsp3) is 0.462. The van der Waals surface area contributed by atoms with Crippen LogP contribution in [-0.2, 0) is 4.74 Å². The minimum absolute atomic E-state index is 0.0106. The van der Waals surface area contributed by atoms with E-state index in [2.05, 4.69) is 6.92 Å². The Labute approximate surface area is 110 Å². The summed E-state index contributed by atoms with van der Waals surface area (Å²) >= 11 is 0. The Hall–Kier alpha value is -1.98. The predicted molar refractivity (Wildman–Crippen MR) is 67.5 cm³/mol. The van der Waals surface area contributed by atoms with Gasteiger partial charge in [0.2, 0.25) is 5.82 Å². The SMILES string of the molecule is CCCCCCOC(=O)c1ccc(F)c([N+](=O)[O-])c1. The van der Waals surface area contributed by atoms with Crippen LogP contribution in [0, 0.1) is 15.9 Å². The van der Waals surface area contributed by atoms with Crippen molar-refractivity contribution in [1.29, 1.82) is 0 Å². The van der Waals surface area contributed by atoms with E-state index < -0.39 is 22.4 Å². The van der Waals surface area contributed by atoms with Gasteiger partial charge in [0.1, 0.15) is 0 Å². The van der Waals surface area contributed by atoms with Gasteiger partial charge in [0.25, 0.3) is 0 Å². The number of nitro benzene ring substituents is 1. The molecule has 0 aliphatic heterocycles. The molecule has 0 saturated carbocycles. The summed E-state index contributed by atoms with van der Waals surface area (Å²) in [6.07, 6.45) is 3.87. The molecule has 0 spiro atoms. The van der Waals surface area contributed by atoms with E-state index in [9.17, 15) is 19.3 Å². The maximum atomic E-state index is 13.1. The molecule has 1 rings (SSSR count). The maximum absolute atomic E-state index is 13.1. The molecule has 5 nitrogen and oxygen atoms in total. The molecule has 0 atom stereocenters. The number of hydrogen-bond donors (Lipinski definition) is 0. The second-order valence-corrected chi connectivity index (χ2v) is 4.12. The predicted octanol–water partition coefficient (Wildman–Crippen LogP) is 3.47. The van der Waals surface area contributed by atoms with Crippen molar-refractivity contribution in [2.75, 3.05) is 6.61 Å². The molecule has 0 aliphatic carbocycles. The van der Waals surface area contributed by atoms with Crippen LogP contribution in [-0.4, -0.2) is 17.5 Å². The first-order chi connectivity index (χ1) is 9.06. The third-order valence-corrected chi connectivity index (χ3v) is 2.61. The van der Waals surface area contributed by atoms with Crippen LogP contribution in [0.25, 0.3) is 0 Å².